The highest BCUT2D eigenvalue weighted by molar-refractivity contribution is 14.1. The third kappa shape index (κ3) is 2.23. The summed E-state index contributed by atoms with van der Waals surface area (Å²) in [5.74, 6) is 1.21. The Hall–Kier alpha value is -1.24. The van der Waals surface area contributed by atoms with Gasteiger partial charge in [0.1, 0.15) is 11.4 Å². The molecule has 15 heavy (non-hydrogen) atoms. The molecule has 0 radical (unpaired) electrons. The minimum atomic E-state index is 0.446. The quantitative estimate of drug-likeness (QED) is 0.866. The van der Waals surface area contributed by atoms with Gasteiger partial charge in [-0.3, -0.25) is 4.68 Å². The first-order valence-corrected chi connectivity index (χ1v) is 5.46. The van der Waals surface area contributed by atoms with E-state index in [4.69, 9.17) is 10.5 Å². The van der Waals surface area contributed by atoms with E-state index in [1.165, 1.54) is 0 Å². The van der Waals surface area contributed by atoms with Crippen LogP contribution in [0.25, 0.3) is 0 Å². The fraction of sp³-hybridized carbons (Fsp3) is 0.100. The lowest BCUT2D eigenvalue weighted by Crippen LogP contribution is -1.92. The van der Waals surface area contributed by atoms with E-state index >= 15 is 0 Å². The molecule has 4 nitrogen and oxygen atoms in total. The van der Waals surface area contributed by atoms with E-state index in [0.29, 0.717) is 11.6 Å². The highest BCUT2D eigenvalue weighted by Crippen LogP contribution is 2.28. The fourth-order valence-electron chi connectivity index (χ4n) is 1.20. The van der Waals surface area contributed by atoms with Crippen molar-refractivity contribution in [3.05, 3.63) is 34.0 Å². The number of rotatable bonds is 2. The van der Waals surface area contributed by atoms with Crippen LogP contribution >= 0.6 is 22.6 Å². The van der Waals surface area contributed by atoms with Crippen LogP contribution in [0.5, 0.6) is 11.6 Å². The van der Waals surface area contributed by atoms with E-state index in [9.17, 15) is 0 Å². The normalized spacial score (nSPS) is 10.3. The van der Waals surface area contributed by atoms with Crippen LogP contribution in [-0.4, -0.2) is 9.78 Å². The van der Waals surface area contributed by atoms with Gasteiger partial charge in [0.25, 0.3) is 5.88 Å². The number of ether oxygens (including phenoxy) is 1. The molecule has 0 fully saturated rings. The molecule has 1 aromatic carbocycles. The lowest BCUT2D eigenvalue weighted by Gasteiger charge is -2.04. The van der Waals surface area contributed by atoms with Crippen molar-refractivity contribution in [3.63, 3.8) is 0 Å². The lowest BCUT2D eigenvalue weighted by molar-refractivity contribution is 0.453. The first-order valence-electron chi connectivity index (χ1n) is 4.38. The van der Waals surface area contributed by atoms with Crippen molar-refractivity contribution < 1.29 is 4.74 Å². The molecule has 0 aliphatic rings. The molecular formula is C10H10IN3O. The minimum absolute atomic E-state index is 0.446. The summed E-state index contributed by atoms with van der Waals surface area (Å²) < 4.78 is 8.25. The summed E-state index contributed by atoms with van der Waals surface area (Å²) in [4.78, 5) is 0. The molecule has 0 amide bonds. The Balaban J connectivity index is 2.29. The van der Waals surface area contributed by atoms with Gasteiger partial charge in [-0.05, 0) is 34.7 Å². The van der Waals surface area contributed by atoms with Gasteiger partial charge in [-0.25, -0.2) is 0 Å². The average molecular weight is 315 g/mol. The lowest BCUT2D eigenvalue weighted by atomic mass is 10.3. The molecule has 0 bridgehead atoms. The average Bonchev–Trinajstić information content (AvgIpc) is 2.49. The van der Waals surface area contributed by atoms with Crippen molar-refractivity contribution in [1.82, 2.24) is 9.78 Å². The number of nitrogens with zero attached hydrogens (tertiary/aromatic N) is 2. The number of hydrogen-bond acceptors (Lipinski definition) is 3. The van der Waals surface area contributed by atoms with Crippen LogP contribution in [0.3, 0.4) is 0 Å². The van der Waals surface area contributed by atoms with Crippen LogP contribution in [0.15, 0.2) is 30.5 Å². The maximum atomic E-state index is 5.73. The molecule has 0 atom stereocenters. The van der Waals surface area contributed by atoms with Crippen molar-refractivity contribution >= 4 is 28.3 Å². The largest absolute Gasteiger partial charge is 0.435 e. The zero-order valence-corrected chi connectivity index (χ0v) is 10.3. The molecule has 78 valence electrons. The topological polar surface area (TPSA) is 53.1 Å². The fourth-order valence-corrected chi connectivity index (χ4v) is 1.69. The van der Waals surface area contributed by atoms with Crippen molar-refractivity contribution in [2.75, 3.05) is 5.73 Å². The smallest absolute Gasteiger partial charge is 0.261 e. The molecule has 0 aliphatic carbocycles. The standard InChI is InChI=1S/C10H10IN3O/c1-14-6-8(12)10(13-14)15-9-5-3-2-4-7(9)11/h2-6H,12H2,1H3. The first kappa shape index (κ1) is 10.3. The van der Waals surface area contributed by atoms with Crippen LogP contribution in [-0.2, 0) is 7.05 Å². The summed E-state index contributed by atoms with van der Waals surface area (Å²) in [6.07, 6.45) is 1.71. The summed E-state index contributed by atoms with van der Waals surface area (Å²) in [5, 5.41) is 4.11. The summed E-state index contributed by atoms with van der Waals surface area (Å²) >= 11 is 2.21. The minimum Gasteiger partial charge on any atom is -0.435 e. The van der Waals surface area contributed by atoms with Gasteiger partial charge in [-0.15, -0.1) is 5.10 Å². The SMILES string of the molecule is Cn1cc(N)c(Oc2ccccc2I)n1. The van der Waals surface area contributed by atoms with Crippen LogP contribution in [0.2, 0.25) is 0 Å². The maximum absolute atomic E-state index is 5.73. The molecule has 0 saturated carbocycles. The van der Waals surface area contributed by atoms with E-state index in [1.54, 1.807) is 17.9 Å². The molecule has 0 spiro atoms. The Morgan fingerprint density at radius 2 is 2.13 bits per heavy atom. The molecule has 0 aliphatic heterocycles. The van der Waals surface area contributed by atoms with Gasteiger partial charge >= 0.3 is 0 Å². The molecule has 1 aromatic heterocycles. The van der Waals surface area contributed by atoms with E-state index in [2.05, 4.69) is 27.7 Å². The molecule has 2 N–H and O–H groups in total. The second-order valence-electron chi connectivity index (χ2n) is 3.10. The van der Waals surface area contributed by atoms with E-state index < -0.39 is 0 Å². The predicted octanol–water partition coefficient (Wildman–Crippen LogP) is 2.40. The Labute approximate surface area is 101 Å². The highest BCUT2D eigenvalue weighted by atomic mass is 127. The maximum Gasteiger partial charge on any atom is 0.261 e. The number of para-hydroxylation sites is 1. The van der Waals surface area contributed by atoms with Gasteiger partial charge in [0.15, 0.2) is 0 Å². The van der Waals surface area contributed by atoms with Gasteiger partial charge in [0.05, 0.1) is 9.77 Å². The number of benzene rings is 1. The van der Waals surface area contributed by atoms with Gasteiger partial charge in [0, 0.05) is 7.05 Å². The molecule has 2 rings (SSSR count). The van der Waals surface area contributed by atoms with Crippen molar-refractivity contribution in [1.29, 1.82) is 0 Å². The number of anilines is 1. The third-order valence-corrected chi connectivity index (χ3v) is 2.76. The molecule has 1 heterocycles. The van der Waals surface area contributed by atoms with Crippen molar-refractivity contribution in [2.45, 2.75) is 0 Å². The Bertz CT molecular complexity index is 481. The number of halogens is 1. The monoisotopic (exact) mass is 315 g/mol. The second-order valence-corrected chi connectivity index (χ2v) is 4.26. The second kappa shape index (κ2) is 4.09. The van der Waals surface area contributed by atoms with Gasteiger partial charge < -0.3 is 10.5 Å². The highest BCUT2D eigenvalue weighted by Gasteiger charge is 2.08. The Kier molecular flexibility index (Phi) is 2.81. The summed E-state index contributed by atoms with van der Waals surface area (Å²) in [6, 6.07) is 7.72. The van der Waals surface area contributed by atoms with E-state index in [-0.39, 0.29) is 0 Å². The number of hydrogen-bond donors (Lipinski definition) is 1. The number of aryl methyl sites for hydroxylation is 1. The van der Waals surface area contributed by atoms with Crippen LogP contribution in [0.4, 0.5) is 5.69 Å². The number of aromatic nitrogens is 2. The van der Waals surface area contributed by atoms with Crippen LogP contribution in [0, 0.1) is 3.57 Å². The summed E-state index contributed by atoms with van der Waals surface area (Å²) in [5.41, 5.74) is 6.27. The Morgan fingerprint density at radius 3 is 2.73 bits per heavy atom. The van der Waals surface area contributed by atoms with Gasteiger partial charge in [-0.1, -0.05) is 12.1 Å². The molecule has 5 heteroatoms. The molecule has 0 unspecified atom stereocenters. The summed E-state index contributed by atoms with van der Waals surface area (Å²) in [7, 11) is 1.80. The van der Waals surface area contributed by atoms with Crippen LogP contribution < -0.4 is 10.5 Å². The van der Waals surface area contributed by atoms with Crippen molar-refractivity contribution in [3.8, 4) is 11.6 Å². The van der Waals surface area contributed by atoms with E-state index in [0.717, 1.165) is 9.32 Å². The van der Waals surface area contributed by atoms with Gasteiger partial charge in [-0.2, -0.15) is 0 Å². The first-order chi connectivity index (χ1) is 7.16. The molecule has 2 aromatic rings. The molecular weight excluding hydrogens is 305 g/mol. The zero-order valence-electron chi connectivity index (χ0n) is 8.14. The summed E-state index contributed by atoms with van der Waals surface area (Å²) in [6.45, 7) is 0. The Morgan fingerprint density at radius 1 is 1.40 bits per heavy atom. The van der Waals surface area contributed by atoms with Gasteiger partial charge in [0.2, 0.25) is 0 Å². The third-order valence-electron chi connectivity index (χ3n) is 1.86. The number of nitrogen functional groups attached to an aromatic ring is 1. The zero-order chi connectivity index (χ0) is 10.8. The van der Waals surface area contributed by atoms with Crippen LogP contribution in [0.1, 0.15) is 0 Å². The predicted molar refractivity (Wildman–Crippen MR) is 66.9 cm³/mol. The van der Waals surface area contributed by atoms with E-state index in [1.807, 2.05) is 24.3 Å². The number of nitrogens with two attached hydrogens (primary N) is 1. The molecule has 0 saturated heterocycles. The van der Waals surface area contributed by atoms with Crippen molar-refractivity contribution in [2.24, 2.45) is 7.05 Å².